The van der Waals surface area contributed by atoms with Crippen molar-refractivity contribution in [2.24, 2.45) is 0 Å². The lowest BCUT2D eigenvalue weighted by Gasteiger charge is -2.21. The van der Waals surface area contributed by atoms with Crippen LogP contribution >= 0.6 is 0 Å². The van der Waals surface area contributed by atoms with Crippen molar-refractivity contribution < 1.29 is 0 Å². The van der Waals surface area contributed by atoms with Gasteiger partial charge in [-0.2, -0.15) is 9.97 Å². The molecule has 3 heterocycles. The van der Waals surface area contributed by atoms with Gasteiger partial charge in [-0.3, -0.25) is 4.57 Å². The molecule has 0 spiro atoms. The minimum Gasteiger partial charge on any atom is -0.307 e. The molecule has 5 heteroatoms. The first-order chi connectivity index (χ1) is 26.1. The summed E-state index contributed by atoms with van der Waals surface area (Å²) in [7, 11) is 0. The average molecular weight is 680 g/mol. The number of benzene rings is 7. The van der Waals surface area contributed by atoms with E-state index in [1.54, 1.807) is 0 Å². The number of para-hydroxylation sites is 2. The van der Waals surface area contributed by atoms with E-state index >= 15 is 0 Å². The number of hydrogen-bond acceptors (Lipinski definition) is 3. The normalized spacial score (nSPS) is 13.2. The fraction of sp³-hybridized carbons (Fsp3) is 0.0625. The third kappa shape index (κ3) is 4.28. The smallest absolute Gasteiger partial charge is 0.238 e. The van der Waals surface area contributed by atoms with Crippen LogP contribution < -0.4 is 0 Å². The molecule has 0 unspecified atom stereocenters. The van der Waals surface area contributed by atoms with Crippen LogP contribution in [-0.4, -0.2) is 24.1 Å². The molecule has 1 aliphatic carbocycles. The number of hydrogen-bond donors (Lipinski definition) is 0. The van der Waals surface area contributed by atoms with E-state index in [2.05, 4.69) is 150 Å². The van der Waals surface area contributed by atoms with Gasteiger partial charge < -0.3 is 4.57 Å². The van der Waals surface area contributed by atoms with Crippen molar-refractivity contribution in [3.8, 4) is 45.5 Å². The second-order valence-electron chi connectivity index (χ2n) is 14.5. The monoisotopic (exact) mass is 679 g/mol. The van der Waals surface area contributed by atoms with Crippen molar-refractivity contribution in [2.45, 2.75) is 19.3 Å². The molecule has 0 saturated carbocycles. The first-order valence-corrected chi connectivity index (χ1v) is 18.1. The molecule has 1 aliphatic rings. The molecule has 0 atom stereocenters. The van der Waals surface area contributed by atoms with Gasteiger partial charge in [0.2, 0.25) is 5.95 Å². The number of nitrogens with zero attached hydrogens (tertiary/aromatic N) is 5. The zero-order valence-electron chi connectivity index (χ0n) is 29.3. The van der Waals surface area contributed by atoms with Gasteiger partial charge >= 0.3 is 0 Å². The molecular formula is C48H33N5. The van der Waals surface area contributed by atoms with Gasteiger partial charge in [-0.1, -0.05) is 147 Å². The van der Waals surface area contributed by atoms with Crippen molar-refractivity contribution >= 4 is 43.6 Å². The molecule has 10 aromatic rings. The summed E-state index contributed by atoms with van der Waals surface area (Å²) in [6.07, 6.45) is 0. The van der Waals surface area contributed by atoms with Gasteiger partial charge in [0, 0.05) is 43.8 Å². The molecule has 0 saturated heterocycles. The quantitative estimate of drug-likeness (QED) is 0.186. The molecule has 0 fully saturated rings. The van der Waals surface area contributed by atoms with Gasteiger partial charge in [-0.05, 0) is 52.6 Å². The minimum absolute atomic E-state index is 0.181. The molecule has 250 valence electrons. The summed E-state index contributed by atoms with van der Waals surface area (Å²) in [5.74, 6) is 1.85. The first-order valence-electron chi connectivity index (χ1n) is 18.1. The first kappa shape index (κ1) is 29.8. The Labute approximate surface area is 306 Å². The van der Waals surface area contributed by atoms with Crippen LogP contribution in [0.4, 0.5) is 0 Å². The Balaban J connectivity index is 1.35. The Hall–Kier alpha value is -6.85. The molecule has 0 aliphatic heterocycles. The number of rotatable bonds is 4. The molecule has 11 rings (SSSR count). The molecule has 53 heavy (non-hydrogen) atoms. The van der Waals surface area contributed by atoms with Crippen LogP contribution in [0.15, 0.2) is 164 Å². The highest BCUT2D eigenvalue weighted by atomic mass is 15.2. The Kier molecular flexibility index (Phi) is 6.23. The summed E-state index contributed by atoms with van der Waals surface area (Å²) < 4.78 is 4.72. The van der Waals surface area contributed by atoms with Crippen molar-refractivity contribution in [2.75, 3.05) is 0 Å². The van der Waals surface area contributed by atoms with E-state index in [-0.39, 0.29) is 5.41 Å². The summed E-state index contributed by atoms with van der Waals surface area (Å²) in [5, 5.41) is 4.70. The number of aromatic nitrogens is 5. The Bertz CT molecular complexity index is 3010. The van der Waals surface area contributed by atoms with Crippen LogP contribution in [0.5, 0.6) is 0 Å². The third-order valence-corrected chi connectivity index (χ3v) is 11.2. The summed E-state index contributed by atoms with van der Waals surface area (Å²) in [6.45, 7) is 4.68. The zero-order chi connectivity index (χ0) is 35.3. The summed E-state index contributed by atoms with van der Waals surface area (Å²) >= 11 is 0. The second kappa shape index (κ2) is 11.1. The van der Waals surface area contributed by atoms with Crippen molar-refractivity contribution in [3.63, 3.8) is 0 Å². The van der Waals surface area contributed by atoms with Crippen molar-refractivity contribution in [1.82, 2.24) is 24.1 Å². The molecule has 0 radical (unpaired) electrons. The van der Waals surface area contributed by atoms with E-state index in [1.807, 2.05) is 36.4 Å². The highest BCUT2D eigenvalue weighted by molar-refractivity contribution is 6.24. The van der Waals surface area contributed by atoms with E-state index in [4.69, 9.17) is 15.0 Å². The van der Waals surface area contributed by atoms with Crippen LogP contribution in [0.1, 0.15) is 25.0 Å². The zero-order valence-corrected chi connectivity index (χ0v) is 29.3. The largest absolute Gasteiger partial charge is 0.307 e. The van der Waals surface area contributed by atoms with Gasteiger partial charge in [0.25, 0.3) is 0 Å². The maximum Gasteiger partial charge on any atom is 0.238 e. The topological polar surface area (TPSA) is 48.5 Å². The summed E-state index contributed by atoms with van der Waals surface area (Å²) in [6, 6.07) is 58.1. The highest BCUT2D eigenvalue weighted by Gasteiger charge is 2.36. The fourth-order valence-electron chi connectivity index (χ4n) is 8.69. The maximum atomic E-state index is 5.34. The van der Waals surface area contributed by atoms with Gasteiger partial charge in [0.05, 0.1) is 22.1 Å². The van der Waals surface area contributed by atoms with Crippen LogP contribution in [0.3, 0.4) is 0 Å². The Morgan fingerprint density at radius 1 is 0.415 bits per heavy atom. The van der Waals surface area contributed by atoms with Gasteiger partial charge in [-0.15, -0.1) is 0 Å². The standard InChI is InChI=1S/C48H33N5/c1-48(2)39-24-14-12-22-33(39)37-28-38-36-27-26-35-34-23-13-15-25-41(34)52(32-20-10-5-11-21-32)43(35)44(36)53(42(38)29-40(37)48)47-50-45(30-16-6-3-7-17-30)49-46(51-47)31-18-8-4-9-19-31/h3-29H,1-2H3. The summed E-state index contributed by atoms with van der Waals surface area (Å²) in [5.41, 5.74) is 12.4. The minimum atomic E-state index is -0.181. The molecule has 0 bridgehead atoms. The van der Waals surface area contributed by atoms with Crippen LogP contribution in [0.25, 0.3) is 89.2 Å². The van der Waals surface area contributed by atoms with Crippen LogP contribution in [0.2, 0.25) is 0 Å². The molecular weight excluding hydrogens is 647 g/mol. The molecule has 3 aromatic heterocycles. The SMILES string of the molecule is CC1(C)c2ccccc2-c2cc3c4ccc5c6ccccc6n(-c6ccccc6)c5c4n(-c4nc(-c5ccccc5)nc(-c5ccccc5)n4)c3cc21. The van der Waals surface area contributed by atoms with E-state index in [0.29, 0.717) is 17.6 Å². The number of fused-ring (bicyclic) bond motifs is 10. The van der Waals surface area contributed by atoms with Crippen molar-refractivity contribution in [3.05, 3.63) is 175 Å². The molecule has 0 amide bonds. The lowest BCUT2D eigenvalue weighted by atomic mass is 9.82. The highest BCUT2D eigenvalue weighted by Crippen LogP contribution is 2.51. The maximum absolute atomic E-state index is 5.34. The molecule has 0 N–H and O–H groups in total. The van der Waals surface area contributed by atoms with Gasteiger partial charge in [0.15, 0.2) is 11.6 Å². The lowest BCUT2D eigenvalue weighted by molar-refractivity contribution is 0.661. The Morgan fingerprint density at radius 2 is 0.981 bits per heavy atom. The Morgan fingerprint density at radius 3 is 1.68 bits per heavy atom. The average Bonchev–Trinajstić information content (AvgIpc) is 3.81. The van der Waals surface area contributed by atoms with Gasteiger partial charge in [-0.25, -0.2) is 4.98 Å². The van der Waals surface area contributed by atoms with E-state index < -0.39 is 0 Å². The fourth-order valence-corrected chi connectivity index (χ4v) is 8.69. The van der Waals surface area contributed by atoms with E-state index in [1.165, 1.54) is 38.4 Å². The third-order valence-electron chi connectivity index (χ3n) is 11.2. The van der Waals surface area contributed by atoms with Crippen LogP contribution in [0, 0.1) is 0 Å². The van der Waals surface area contributed by atoms with Crippen LogP contribution in [-0.2, 0) is 5.41 Å². The predicted molar refractivity (Wildman–Crippen MR) is 217 cm³/mol. The van der Waals surface area contributed by atoms with Crippen molar-refractivity contribution in [1.29, 1.82) is 0 Å². The van der Waals surface area contributed by atoms with Gasteiger partial charge in [0.1, 0.15) is 0 Å². The second-order valence-corrected chi connectivity index (χ2v) is 14.5. The molecule has 7 aromatic carbocycles. The van der Waals surface area contributed by atoms with E-state index in [0.717, 1.165) is 44.3 Å². The molecule has 5 nitrogen and oxygen atoms in total. The lowest BCUT2D eigenvalue weighted by Crippen LogP contribution is -2.15. The summed E-state index contributed by atoms with van der Waals surface area (Å²) in [4.78, 5) is 15.7. The van der Waals surface area contributed by atoms with E-state index in [9.17, 15) is 0 Å². The predicted octanol–water partition coefficient (Wildman–Crippen LogP) is 11.7.